The van der Waals surface area contributed by atoms with E-state index in [1.165, 1.54) is 4.90 Å². The fourth-order valence-corrected chi connectivity index (χ4v) is 2.53. The van der Waals surface area contributed by atoms with Crippen molar-refractivity contribution in [2.45, 2.75) is 32.1 Å². The molecule has 1 aliphatic rings. The lowest BCUT2D eigenvalue weighted by molar-refractivity contribution is -0.137. The molecular formula is C17H21N3O5. The summed E-state index contributed by atoms with van der Waals surface area (Å²) >= 11 is 0. The number of rotatable bonds is 8. The summed E-state index contributed by atoms with van der Waals surface area (Å²) in [5, 5.41) is 13.9. The van der Waals surface area contributed by atoms with Gasteiger partial charge in [0.05, 0.1) is 11.4 Å². The zero-order valence-electron chi connectivity index (χ0n) is 13.8. The third kappa shape index (κ3) is 5.59. The number of carboxylic acid groups (broad SMARTS) is 1. The number of benzene rings is 1. The Morgan fingerprint density at radius 3 is 2.64 bits per heavy atom. The number of carbonyl (C=O) groups is 4. The first-order valence-electron chi connectivity index (χ1n) is 8.15. The predicted molar refractivity (Wildman–Crippen MR) is 91.2 cm³/mol. The lowest BCUT2D eigenvalue weighted by Crippen LogP contribution is -2.42. The summed E-state index contributed by atoms with van der Waals surface area (Å²) < 4.78 is 0. The van der Waals surface area contributed by atoms with Gasteiger partial charge in [0, 0.05) is 25.8 Å². The van der Waals surface area contributed by atoms with Crippen molar-refractivity contribution in [1.82, 2.24) is 5.32 Å². The Bertz CT molecular complexity index is 674. The molecule has 1 aromatic carbocycles. The molecule has 0 bridgehead atoms. The molecular weight excluding hydrogens is 326 g/mol. The Morgan fingerprint density at radius 2 is 1.88 bits per heavy atom. The molecule has 8 nitrogen and oxygen atoms in total. The molecule has 0 aromatic heterocycles. The van der Waals surface area contributed by atoms with Crippen LogP contribution >= 0.6 is 0 Å². The maximum absolute atomic E-state index is 12.4. The summed E-state index contributed by atoms with van der Waals surface area (Å²) in [7, 11) is 0. The van der Waals surface area contributed by atoms with E-state index in [1.54, 1.807) is 24.3 Å². The number of anilines is 2. The molecule has 1 aromatic rings. The van der Waals surface area contributed by atoms with E-state index >= 15 is 0 Å². The second-order valence-corrected chi connectivity index (χ2v) is 5.75. The third-order valence-corrected chi connectivity index (χ3v) is 3.78. The molecule has 3 N–H and O–H groups in total. The second kappa shape index (κ2) is 8.81. The highest BCUT2D eigenvalue weighted by molar-refractivity contribution is 6.10. The summed E-state index contributed by atoms with van der Waals surface area (Å²) in [4.78, 5) is 47.6. The molecule has 3 amide bonds. The first-order valence-corrected chi connectivity index (χ1v) is 8.15. The Balaban J connectivity index is 1.78. The SMILES string of the molecule is O=C(O)CCCCNC(=O)CCC(=O)N1CC(=O)Nc2ccccc21. The van der Waals surface area contributed by atoms with Crippen LogP contribution in [0.4, 0.5) is 11.4 Å². The van der Waals surface area contributed by atoms with Gasteiger partial charge in [-0.3, -0.25) is 19.2 Å². The molecule has 2 rings (SSSR count). The van der Waals surface area contributed by atoms with Gasteiger partial charge in [0.15, 0.2) is 0 Å². The number of carboxylic acids is 1. The van der Waals surface area contributed by atoms with E-state index in [-0.39, 0.29) is 43.5 Å². The van der Waals surface area contributed by atoms with E-state index in [0.29, 0.717) is 30.8 Å². The average molecular weight is 347 g/mol. The summed E-state index contributed by atoms with van der Waals surface area (Å²) in [5.41, 5.74) is 1.20. The van der Waals surface area contributed by atoms with Gasteiger partial charge in [0.1, 0.15) is 6.54 Å². The van der Waals surface area contributed by atoms with Gasteiger partial charge in [-0.2, -0.15) is 0 Å². The van der Waals surface area contributed by atoms with Crippen molar-refractivity contribution >= 4 is 35.1 Å². The monoisotopic (exact) mass is 347 g/mol. The van der Waals surface area contributed by atoms with Crippen molar-refractivity contribution in [1.29, 1.82) is 0 Å². The minimum absolute atomic E-state index is 0.00255. The van der Waals surface area contributed by atoms with Crippen LogP contribution in [-0.4, -0.2) is 41.9 Å². The van der Waals surface area contributed by atoms with Gasteiger partial charge in [-0.1, -0.05) is 12.1 Å². The molecule has 0 spiro atoms. The van der Waals surface area contributed by atoms with Crippen molar-refractivity contribution in [2.75, 3.05) is 23.3 Å². The second-order valence-electron chi connectivity index (χ2n) is 5.75. The average Bonchev–Trinajstić information content (AvgIpc) is 2.58. The van der Waals surface area contributed by atoms with Crippen LogP contribution in [0.3, 0.4) is 0 Å². The number of fused-ring (bicyclic) bond motifs is 1. The lowest BCUT2D eigenvalue weighted by atomic mass is 10.1. The molecule has 1 aliphatic heterocycles. The van der Waals surface area contributed by atoms with Gasteiger partial charge in [0.25, 0.3) is 0 Å². The normalized spacial score (nSPS) is 13.0. The highest BCUT2D eigenvalue weighted by Gasteiger charge is 2.26. The number of hydrogen-bond donors (Lipinski definition) is 3. The van der Waals surface area contributed by atoms with Crippen LogP contribution in [0.15, 0.2) is 24.3 Å². The fraction of sp³-hybridized carbons (Fsp3) is 0.412. The number of nitrogens with zero attached hydrogens (tertiary/aromatic N) is 1. The molecule has 0 saturated carbocycles. The molecule has 134 valence electrons. The Hall–Kier alpha value is -2.90. The number of amides is 3. The Kier molecular flexibility index (Phi) is 6.50. The quantitative estimate of drug-likeness (QED) is 0.610. The highest BCUT2D eigenvalue weighted by Crippen LogP contribution is 2.29. The fourth-order valence-electron chi connectivity index (χ4n) is 2.53. The van der Waals surface area contributed by atoms with Crippen molar-refractivity contribution in [3.8, 4) is 0 Å². The van der Waals surface area contributed by atoms with Crippen LogP contribution in [0.5, 0.6) is 0 Å². The third-order valence-electron chi connectivity index (χ3n) is 3.78. The zero-order valence-corrected chi connectivity index (χ0v) is 13.8. The molecule has 1 heterocycles. The molecule has 0 aliphatic carbocycles. The van der Waals surface area contributed by atoms with Gasteiger partial charge in [-0.05, 0) is 25.0 Å². The van der Waals surface area contributed by atoms with Crippen molar-refractivity contribution in [3.63, 3.8) is 0 Å². The molecule has 0 radical (unpaired) electrons. The van der Waals surface area contributed by atoms with Gasteiger partial charge in [-0.15, -0.1) is 0 Å². The predicted octanol–water partition coefficient (Wildman–Crippen LogP) is 1.12. The Labute approximate surface area is 145 Å². The maximum Gasteiger partial charge on any atom is 0.303 e. The summed E-state index contributed by atoms with van der Waals surface area (Å²) in [5.74, 6) is -1.68. The summed E-state index contributed by atoms with van der Waals surface area (Å²) in [6, 6.07) is 7.01. The lowest BCUT2D eigenvalue weighted by Gasteiger charge is -2.29. The molecule has 0 fully saturated rings. The van der Waals surface area contributed by atoms with E-state index in [0.717, 1.165) is 0 Å². The highest BCUT2D eigenvalue weighted by atomic mass is 16.4. The van der Waals surface area contributed by atoms with Crippen LogP contribution in [-0.2, 0) is 19.2 Å². The minimum atomic E-state index is -0.859. The van der Waals surface area contributed by atoms with E-state index < -0.39 is 5.97 Å². The van der Waals surface area contributed by atoms with Crippen LogP contribution in [0.1, 0.15) is 32.1 Å². The number of hydrogen-bond acceptors (Lipinski definition) is 4. The zero-order chi connectivity index (χ0) is 18.2. The van der Waals surface area contributed by atoms with Crippen LogP contribution < -0.4 is 15.5 Å². The van der Waals surface area contributed by atoms with E-state index in [1.807, 2.05) is 0 Å². The van der Waals surface area contributed by atoms with Crippen LogP contribution in [0.25, 0.3) is 0 Å². The minimum Gasteiger partial charge on any atom is -0.481 e. The largest absolute Gasteiger partial charge is 0.481 e. The van der Waals surface area contributed by atoms with Crippen LogP contribution in [0.2, 0.25) is 0 Å². The number of nitrogens with one attached hydrogen (secondary N) is 2. The topological polar surface area (TPSA) is 116 Å². The first-order chi connectivity index (χ1) is 12.0. The summed E-state index contributed by atoms with van der Waals surface area (Å²) in [6.45, 7) is 0.321. The number of aliphatic carboxylic acids is 1. The molecule has 0 atom stereocenters. The van der Waals surface area contributed by atoms with Crippen molar-refractivity contribution < 1.29 is 24.3 Å². The van der Waals surface area contributed by atoms with Crippen molar-refractivity contribution in [3.05, 3.63) is 24.3 Å². The van der Waals surface area contributed by atoms with Gasteiger partial charge in [-0.25, -0.2) is 0 Å². The first kappa shape index (κ1) is 18.4. The maximum atomic E-state index is 12.4. The van der Waals surface area contributed by atoms with Crippen molar-refractivity contribution in [2.24, 2.45) is 0 Å². The Morgan fingerprint density at radius 1 is 1.12 bits per heavy atom. The van der Waals surface area contributed by atoms with Gasteiger partial charge < -0.3 is 20.6 Å². The van der Waals surface area contributed by atoms with E-state index in [9.17, 15) is 19.2 Å². The van der Waals surface area contributed by atoms with Crippen LogP contribution in [0, 0.1) is 0 Å². The molecule has 0 unspecified atom stereocenters. The number of para-hydroxylation sites is 2. The van der Waals surface area contributed by atoms with E-state index in [2.05, 4.69) is 10.6 Å². The molecule has 8 heteroatoms. The molecule has 25 heavy (non-hydrogen) atoms. The smallest absolute Gasteiger partial charge is 0.303 e. The van der Waals surface area contributed by atoms with E-state index in [4.69, 9.17) is 5.11 Å². The number of unbranched alkanes of at least 4 members (excludes halogenated alkanes) is 1. The summed E-state index contributed by atoms with van der Waals surface area (Å²) in [6.07, 6.45) is 1.17. The van der Waals surface area contributed by atoms with Gasteiger partial charge in [0.2, 0.25) is 17.7 Å². The standard InChI is InChI=1S/C17H21N3O5/c21-14(18-10-4-3-7-17(24)25)8-9-16(23)20-11-15(22)19-12-5-1-2-6-13(12)20/h1-2,5-6H,3-4,7-11H2,(H,18,21)(H,19,22)(H,24,25). The van der Waals surface area contributed by atoms with Gasteiger partial charge >= 0.3 is 5.97 Å². The number of carbonyl (C=O) groups excluding carboxylic acids is 3. The molecule has 0 saturated heterocycles.